The number of hydrogen-bond acceptors (Lipinski definition) is 4. The van der Waals surface area contributed by atoms with Crippen LogP contribution >= 0.6 is 11.6 Å². The fraction of sp³-hybridized carbons (Fsp3) is 0.263. The topological polar surface area (TPSA) is 76.7 Å². The highest BCUT2D eigenvalue weighted by atomic mass is 35.5. The molecule has 0 aromatic heterocycles. The second-order valence-electron chi connectivity index (χ2n) is 5.34. The van der Waals surface area contributed by atoms with Gasteiger partial charge in [-0.3, -0.25) is 20.4 Å². The predicted molar refractivity (Wildman–Crippen MR) is 99.8 cm³/mol. The van der Waals surface area contributed by atoms with E-state index in [2.05, 4.69) is 10.9 Å². The van der Waals surface area contributed by atoms with Crippen LogP contribution in [0.2, 0.25) is 5.02 Å². The van der Waals surface area contributed by atoms with Gasteiger partial charge in [-0.1, -0.05) is 36.7 Å². The van der Waals surface area contributed by atoms with Gasteiger partial charge in [-0.15, -0.1) is 0 Å². The van der Waals surface area contributed by atoms with Crippen molar-refractivity contribution in [3.8, 4) is 11.5 Å². The lowest BCUT2D eigenvalue weighted by molar-refractivity contribution is 0.0846. The normalized spacial score (nSPS) is 10.1. The molecule has 0 bridgehead atoms. The van der Waals surface area contributed by atoms with E-state index in [0.717, 1.165) is 6.42 Å². The molecule has 7 heteroatoms. The monoisotopic (exact) mass is 376 g/mol. The summed E-state index contributed by atoms with van der Waals surface area (Å²) in [4.78, 5) is 24.3. The molecular formula is C19H21ClN2O4. The van der Waals surface area contributed by atoms with Crippen molar-refractivity contribution < 1.29 is 19.1 Å². The van der Waals surface area contributed by atoms with E-state index in [1.165, 1.54) is 12.1 Å². The molecule has 0 saturated carbocycles. The number of amides is 2. The fourth-order valence-corrected chi connectivity index (χ4v) is 2.42. The van der Waals surface area contributed by atoms with Gasteiger partial charge in [0, 0.05) is 11.1 Å². The summed E-state index contributed by atoms with van der Waals surface area (Å²) < 4.78 is 11.1. The van der Waals surface area contributed by atoms with Crippen LogP contribution in [0.15, 0.2) is 42.5 Å². The van der Waals surface area contributed by atoms with E-state index in [9.17, 15) is 9.59 Å². The number of rotatable bonds is 7. The minimum Gasteiger partial charge on any atom is -0.490 e. The van der Waals surface area contributed by atoms with E-state index in [1.807, 2.05) is 13.8 Å². The van der Waals surface area contributed by atoms with Crippen molar-refractivity contribution in [3.63, 3.8) is 0 Å². The Hall–Kier alpha value is -2.73. The first-order chi connectivity index (χ1) is 12.6. The van der Waals surface area contributed by atoms with E-state index in [1.54, 1.807) is 30.3 Å². The smallest absolute Gasteiger partial charge is 0.269 e. The molecule has 0 saturated heterocycles. The fourth-order valence-electron chi connectivity index (χ4n) is 2.15. The van der Waals surface area contributed by atoms with Gasteiger partial charge in [0.2, 0.25) is 0 Å². The van der Waals surface area contributed by atoms with Crippen LogP contribution in [0.1, 0.15) is 41.0 Å². The third-order valence-electron chi connectivity index (χ3n) is 3.35. The Balaban J connectivity index is 2.11. The summed E-state index contributed by atoms with van der Waals surface area (Å²) in [6, 6.07) is 11.6. The second-order valence-corrected chi connectivity index (χ2v) is 5.75. The van der Waals surface area contributed by atoms with Crippen molar-refractivity contribution in [1.82, 2.24) is 10.9 Å². The molecule has 0 aliphatic heterocycles. The van der Waals surface area contributed by atoms with E-state index in [4.69, 9.17) is 21.1 Å². The second kappa shape index (κ2) is 9.68. The summed E-state index contributed by atoms with van der Waals surface area (Å²) in [7, 11) is 0. The third-order valence-corrected chi connectivity index (χ3v) is 3.63. The highest BCUT2D eigenvalue weighted by molar-refractivity contribution is 6.32. The zero-order valence-corrected chi connectivity index (χ0v) is 15.4. The molecule has 138 valence electrons. The van der Waals surface area contributed by atoms with Gasteiger partial charge in [-0.05, 0) is 37.6 Å². The van der Waals surface area contributed by atoms with E-state index < -0.39 is 11.8 Å². The molecular weight excluding hydrogens is 356 g/mol. The molecule has 0 fully saturated rings. The van der Waals surface area contributed by atoms with Gasteiger partial charge in [0.15, 0.2) is 11.5 Å². The molecule has 0 spiro atoms. The molecule has 0 atom stereocenters. The maximum Gasteiger partial charge on any atom is 0.269 e. The number of nitrogens with one attached hydrogen (secondary N) is 2. The minimum absolute atomic E-state index is 0.246. The summed E-state index contributed by atoms with van der Waals surface area (Å²) in [5, 5.41) is 0.268. The zero-order valence-electron chi connectivity index (χ0n) is 14.7. The maximum atomic E-state index is 12.3. The predicted octanol–water partition coefficient (Wildman–Crippen LogP) is 3.60. The molecule has 2 aromatic carbocycles. The number of hydrogen-bond donors (Lipinski definition) is 2. The maximum absolute atomic E-state index is 12.3. The lowest BCUT2D eigenvalue weighted by atomic mass is 10.2. The Morgan fingerprint density at radius 3 is 2.23 bits per heavy atom. The SMILES string of the molecule is CCCOc1c(Cl)cc(C(=O)NNC(=O)c2ccccc2)cc1OCC. The van der Waals surface area contributed by atoms with Crippen molar-refractivity contribution in [2.45, 2.75) is 20.3 Å². The van der Waals surface area contributed by atoms with Crippen LogP contribution in [-0.2, 0) is 0 Å². The van der Waals surface area contributed by atoms with Crippen LogP contribution < -0.4 is 20.3 Å². The van der Waals surface area contributed by atoms with Crippen molar-refractivity contribution in [3.05, 3.63) is 58.6 Å². The van der Waals surface area contributed by atoms with Crippen molar-refractivity contribution in [2.24, 2.45) is 0 Å². The molecule has 2 rings (SSSR count). The Labute approximate surface area is 157 Å². The van der Waals surface area contributed by atoms with Crippen molar-refractivity contribution in [2.75, 3.05) is 13.2 Å². The molecule has 6 nitrogen and oxygen atoms in total. The van der Waals surface area contributed by atoms with Gasteiger partial charge >= 0.3 is 0 Å². The number of carbonyl (C=O) groups is 2. The Kier molecular flexibility index (Phi) is 7.29. The van der Waals surface area contributed by atoms with Crippen molar-refractivity contribution >= 4 is 23.4 Å². The number of benzene rings is 2. The van der Waals surface area contributed by atoms with Gasteiger partial charge in [-0.25, -0.2) is 0 Å². The van der Waals surface area contributed by atoms with Crippen LogP contribution in [0, 0.1) is 0 Å². The average Bonchev–Trinajstić information content (AvgIpc) is 2.66. The lowest BCUT2D eigenvalue weighted by Gasteiger charge is -2.15. The summed E-state index contributed by atoms with van der Waals surface area (Å²) in [5.74, 6) is -0.148. The zero-order chi connectivity index (χ0) is 18.9. The van der Waals surface area contributed by atoms with Crippen LogP contribution in [0.4, 0.5) is 0 Å². The number of carbonyl (C=O) groups excluding carboxylic acids is 2. The number of ether oxygens (including phenoxy) is 2. The van der Waals surface area contributed by atoms with Crippen LogP contribution in [0.25, 0.3) is 0 Å². The van der Waals surface area contributed by atoms with Crippen LogP contribution in [-0.4, -0.2) is 25.0 Å². The minimum atomic E-state index is -0.515. The van der Waals surface area contributed by atoms with E-state index in [-0.39, 0.29) is 10.6 Å². The third kappa shape index (κ3) is 5.13. The quantitative estimate of drug-likeness (QED) is 0.724. The number of halogens is 1. The van der Waals surface area contributed by atoms with Gasteiger partial charge in [0.1, 0.15) is 0 Å². The lowest BCUT2D eigenvalue weighted by Crippen LogP contribution is -2.41. The first-order valence-corrected chi connectivity index (χ1v) is 8.69. The standard InChI is InChI=1S/C19H21ClN2O4/c1-3-10-26-17-15(20)11-14(12-16(17)25-4-2)19(24)22-21-18(23)13-8-6-5-7-9-13/h5-9,11-12H,3-4,10H2,1-2H3,(H,21,23)(H,22,24). The van der Waals surface area contributed by atoms with Gasteiger partial charge in [0.25, 0.3) is 11.8 Å². The Morgan fingerprint density at radius 2 is 1.62 bits per heavy atom. The average molecular weight is 377 g/mol. The van der Waals surface area contributed by atoms with Crippen molar-refractivity contribution in [1.29, 1.82) is 0 Å². The molecule has 2 aromatic rings. The molecule has 0 aliphatic rings. The first-order valence-electron chi connectivity index (χ1n) is 8.31. The molecule has 2 amide bonds. The highest BCUT2D eigenvalue weighted by Crippen LogP contribution is 2.36. The van der Waals surface area contributed by atoms with Gasteiger partial charge in [0.05, 0.1) is 18.2 Å². The van der Waals surface area contributed by atoms with Gasteiger partial charge in [-0.2, -0.15) is 0 Å². The molecule has 26 heavy (non-hydrogen) atoms. The van der Waals surface area contributed by atoms with E-state index in [0.29, 0.717) is 30.3 Å². The Bertz CT molecular complexity index is 766. The summed E-state index contributed by atoms with van der Waals surface area (Å²) >= 11 is 6.24. The molecule has 0 aliphatic carbocycles. The highest BCUT2D eigenvalue weighted by Gasteiger charge is 2.17. The molecule has 2 N–H and O–H groups in total. The van der Waals surface area contributed by atoms with E-state index >= 15 is 0 Å². The van der Waals surface area contributed by atoms with Crippen LogP contribution in [0.5, 0.6) is 11.5 Å². The van der Waals surface area contributed by atoms with Crippen LogP contribution in [0.3, 0.4) is 0 Å². The summed E-state index contributed by atoms with van der Waals surface area (Å²) in [6.45, 7) is 4.68. The first kappa shape index (κ1) is 19.6. The largest absolute Gasteiger partial charge is 0.490 e. The van der Waals surface area contributed by atoms with Gasteiger partial charge < -0.3 is 9.47 Å². The molecule has 0 heterocycles. The molecule has 0 radical (unpaired) electrons. The summed E-state index contributed by atoms with van der Waals surface area (Å²) in [5.41, 5.74) is 5.41. The number of hydrazine groups is 1. The summed E-state index contributed by atoms with van der Waals surface area (Å²) in [6.07, 6.45) is 0.815. The Morgan fingerprint density at radius 1 is 0.962 bits per heavy atom. The molecule has 0 unspecified atom stereocenters.